The number of aryl methyl sites for hydroxylation is 1. The Labute approximate surface area is 133 Å². The molecule has 0 aliphatic rings. The van der Waals surface area contributed by atoms with Crippen LogP contribution in [0, 0.1) is 0 Å². The first-order valence-corrected chi connectivity index (χ1v) is 7.50. The van der Waals surface area contributed by atoms with Crippen LogP contribution in [-0.2, 0) is 11.3 Å². The molecular formula is C12H8Cl2N4O2S. The summed E-state index contributed by atoms with van der Waals surface area (Å²) >= 11 is 13.2. The van der Waals surface area contributed by atoms with E-state index in [0.717, 1.165) is 0 Å². The molecule has 21 heavy (non-hydrogen) atoms. The lowest BCUT2D eigenvalue weighted by Gasteiger charge is -2.06. The Morgan fingerprint density at radius 1 is 1.33 bits per heavy atom. The summed E-state index contributed by atoms with van der Waals surface area (Å²) in [6.45, 7) is 0.261. The summed E-state index contributed by atoms with van der Waals surface area (Å²) in [5.74, 6) is -0.336. The van der Waals surface area contributed by atoms with Gasteiger partial charge < -0.3 is 9.67 Å². The van der Waals surface area contributed by atoms with Gasteiger partial charge in [-0.15, -0.1) is 5.10 Å². The molecule has 6 nitrogen and oxygen atoms in total. The number of carbonyl (C=O) groups is 1. The highest BCUT2D eigenvalue weighted by Gasteiger charge is 2.17. The highest BCUT2D eigenvalue weighted by Crippen LogP contribution is 2.31. The zero-order valence-electron chi connectivity index (χ0n) is 10.5. The highest BCUT2D eigenvalue weighted by molar-refractivity contribution is 7.03. The number of hydrogen-bond acceptors (Lipinski definition) is 5. The van der Waals surface area contributed by atoms with Crippen LogP contribution in [0.5, 0.6) is 0 Å². The first-order chi connectivity index (χ1) is 10.1. The Morgan fingerprint density at radius 3 is 2.76 bits per heavy atom. The van der Waals surface area contributed by atoms with Crippen LogP contribution in [0.15, 0.2) is 17.5 Å². The van der Waals surface area contributed by atoms with Crippen LogP contribution in [0.25, 0.3) is 22.6 Å². The maximum Gasteiger partial charge on any atom is 0.305 e. The van der Waals surface area contributed by atoms with Gasteiger partial charge in [0.05, 0.1) is 27.5 Å². The fourth-order valence-electron chi connectivity index (χ4n) is 2.01. The molecule has 3 rings (SSSR count). The number of benzene rings is 1. The molecule has 108 valence electrons. The molecule has 3 aromatic rings. The van der Waals surface area contributed by atoms with Crippen molar-refractivity contribution in [2.24, 2.45) is 0 Å². The molecule has 1 aromatic carbocycles. The van der Waals surface area contributed by atoms with Gasteiger partial charge in [0.1, 0.15) is 5.69 Å². The Morgan fingerprint density at radius 2 is 2.10 bits per heavy atom. The third-order valence-corrected chi connectivity index (χ3v) is 4.16. The van der Waals surface area contributed by atoms with E-state index >= 15 is 0 Å². The topological polar surface area (TPSA) is 80.9 Å². The lowest BCUT2D eigenvalue weighted by molar-refractivity contribution is -0.137. The SMILES string of the molecule is O=C(O)CCn1c(-c2csnn2)nc2cc(Cl)c(Cl)cc21. The van der Waals surface area contributed by atoms with Crippen LogP contribution in [0.1, 0.15) is 6.42 Å². The second kappa shape index (κ2) is 5.59. The zero-order valence-corrected chi connectivity index (χ0v) is 12.8. The van der Waals surface area contributed by atoms with Gasteiger partial charge in [-0.3, -0.25) is 4.79 Å². The maximum absolute atomic E-state index is 10.8. The number of aliphatic carboxylic acids is 1. The molecule has 0 atom stereocenters. The second-order valence-electron chi connectivity index (χ2n) is 4.28. The van der Waals surface area contributed by atoms with Crippen molar-refractivity contribution in [1.82, 2.24) is 19.1 Å². The van der Waals surface area contributed by atoms with E-state index in [1.807, 2.05) is 0 Å². The van der Waals surface area contributed by atoms with E-state index in [-0.39, 0.29) is 13.0 Å². The fourth-order valence-corrected chi connectivity index (χ4v) is 2.76. The van der Waals surface area contributed by atoms with Crippen molar-refractivity contribution >= 4 is 51.7 Å². The minimum absolute atomic E-state index is 0.0315. The standard InChI is InChI=1S/C12H8Cl2N4O2S/c13-6-3-8-10(4-7(6)14)18(2-1-11(19)20)12(15-8)9-5-21-17-16-9/h3-5H,1-2H2,(H,19,20). The van der Waals surface area contributed by atoms with E-state index in [0.29, 0.717) is 32.6 Å². The Hall–Kier alpha value is -1.70. The fraction of sp³-hybridized carbons (Fsp3) is 0.167. The van der Waals surface area contributed by atoms with Gasteiger partial charge in [0.2, 0.25) is 0 Å². The van der Waals surface area contributed by atoms with Gasteiger partial charge in [0.25, 0.3) is 0 Å². The number of hydrogen-bond donors (Lipinski definition) is 1. The van der Waals surface area contributed by atoms with Crippen molar-refractivity contribution < 1.29 is 9.90 Å². The first-order valence-electron chi connectivity index (χ1n) is 5.91. The second-order valence-corrected chi connectivity index (χ2v) is 5.70. The average Bonchev–Trinajstić information content (AvgIpc) is 3.04. The molecular weight excluding hydrogens is 335 g/mol. The van der Waals surface area contributed by atoms with Gasteiger partial charge in [0, 0.05) is 11.9 Å². The van der Waals surface area contributed by atoms with Crippen molar-refractivity contribution in [3.8, 4) is 11.5 Å². The summed E-state index contributed by atoms with van der Waals surface area (Å²) in [5.41, 5.74) is 1.94. The monoisotopic (exact) mass is 342 g/mol. The number of halogens is 2. The molecule has 2 heterocycles. The van der Waals surface area contributed by atoms with Crippen LogP contribution in [0.4, 0.5) is 0 Å². The first kappa shape index (κ1) is 14.2. The molecule has 1 N–H and O–H groups in total. The Kier molecular flexibility index (Phi) is 3.79. The van der Waals surface area contributed by atoms with Crippen LogP contribution >= 0.6 is 34.7 Å². The Bertz CT molecular complexity index is 816. The van der Waals surface area contributed by atoms with Crippen molar-refractivity contribution in [3.63, 3.8) is 0 Å². The molecule has 9 heteroatoms. The van der Waals surface area contributed by atoms with E-state index in [2.05, 4.69) is 14.6 Å². The van der Waals surface area contributed by atoms with E-state index in [9.17, 15) is 4.79 Å². The number of rotatable bonds is 4. The minimum Gasteiger partial charge on any atom is -0.481 e. The van der Waals surface area contributed by atoms with Gasteiger partial charge in [0.15, 0.2) is 5.82 Å². The largest absolute Gasteiger partial charge is 0.481 e. The van der Waals surface area contributed by atoms with Crippen molar-refractivity contribution in [2.75, 3.05) is 0 Å². The maximum atomic E-state index is 10.8. The van der Waals surface area contributed by atoms with Gasteiger partial charge >= 0.3 is 5.97 Å². The predicted molar refractivity (Wildman–Crippen MR) is 80.9 cm³/mol. The van der Waals surface area contributed by atoms with E-state index < -0.39 is 5.97 Å². The molecule has 0 saturated heterocycles. The van der Waals surface area contributed by atoms with Crippen LogP contribution < -0.4 is 0 Å². The highest BCUT2D eigenvalue weighted by atomic mass is 35.5. The minimum atomic E-state index is -0.890. The van der Waals surface area contributed by atoms with E-state index in [1.165, 1.54) is 11.5 Å². The molecule has 0 spiro atoms. The van der Waals surface area contributed by atoms with Gasteiger partial charge in [-0.25, -0.2) is 4.98 Å². The average molecular weight is 343 g/mol. The number of carboxylic acids is 1. The molecule has 0 unspecified atom stereocenters. The number of nitrogens with zero attached hydrogens (tertiary/aromatic N) is 4. The van der Waals surface area contributed by atoms with Crippen molar-refractivity contribution in [1.29, 1.82) is 0 Å². The quantitative estimate of drug-likeness (QED) is 0.786. The molecule has 0 saturated carbocycles. The summed E-state index contributed by atoms with van der Waals surface area (Å²) in [5, 5.41) is 15.4. The molecule has 2 aromatic heterocycles. The smallest absolute Gasteiger partial charge is 0.305 e. The molecule has 0 amide bonds. The van der Waals surface area contributed by atoms with Crippen LogP contribution in [0.3, 0.4) is 0 Å². The summed E-state index contributed by atoms with van der Waals surface area (Å²) in [6.07, 6.45) is -0.0315. The van der Waals surface area contributed by atoms with Gasteiger partial charge in [-0.05, 0) is 23.7 Å². The van der Waals surface area contributed by atoms with Crippen molar-refractivity contribution in [2.45, 2.75) is 13.0 Å². The lowest BCUT2D eigenvalue weighted by Crippen LogP contribution is -2.06. The van der Waals surface area contributed by atoms with Crippen molar-refractivity contribution in [3.05, 3.63) is 27.6 Å². The van der Waals surface area contributed by atoms with Crippen LogP contribution in [-0.4, -0.2) is 30.2 Å². The molecule has 0 fully saturated rings. The summed E-state index contributed by atoms with van der Waals surface area (Å²) < 4.78 is 5.58. The third kappa shape index (κ3) is 2.72. The number of fused-ring (bicyclic) bond motifs is 1. The molecule has 0 aliphatic heterocycles. The third-order valence-electron chi connectivity index (χ3n) is 2.93. The predicted octanol–water partition coefficient (Wildman–Crippen LogP) is 3.34. The summed E-state index contributed by atoms with van der Waals surface area (Å²) in [6, 6.07) is 3.33. The Balaban J connectivity index is 2.20. The number of carboxylic acid groups (broad SMARTS) is 1. The van der Waals surface area contributed by atoms with Crippen LogP contribution in [0.2, 0.25) is 10.0 Å². The summed E-state index contributed by atoms with van der Waals surface area (Å²) in [4.78, 5) is 15.3. The zero-order chi connectivity index (χ0) is 15.0. The normalized spacial score (nSPS) is 11.1. The van der Waals surface area contributed by atoms with E-state index in [1.54, 1.807) is 22.1 Å². The molecule has 0 radical (unpaired) electrons. The number of imidazole rings is 1. The lowest BCUT2D eigenvalue weighted by atomic mass is 10.3. The van der Waals surface area contributed by atoms with Gasteiger partial charge in [-0.2, -0.15) is 0 Å². The van der Waals surface area contributed by atoms with E-state index in [4.69, 9.17) is 28.3 Å². The number of aromatic nitrogens is 4. The molecule has 0 aliphatic carbocycles. The summed E-state index contributed by atoms with van der Waals surface area (Å²) in [7, 11) is 0. The molecule has 0 bridgehead atoms. The van der Waals surface area contributed by atoms with Gasteiger partial charge in [-0.1, -0.05) is 27.7 Å².